The first kappa shape index (κ1) is 15.3. The Morgan fingerprint density at radius 1 is 1.00 bits per heavy atom. The number of benzene rings is 2. The van der Waals surface area contributed by atoms with E-state index in [1.807, 2.05) is 0 Å². The minimum Gasteiger partial charge on any atom is -0.399 e. The fourth-order valence-electron chi connectivity index (χ4n) is 2.27. The number of hydrogen-bond acceptors (Lipinski definition) is 3. The van der Waals surface area contributed by atoms with Gasteiger partial charge in [-0.05, 0) is 61.7 Å². The highest BCUT2D eigenvalue weighted by molar-refractivity contribution is 7.92. The van der Waals surface area contributed by atoms with Crippen LogP contribution in [0, 0.1) is 26.6 Å². The first-order valence-electron chi connectivity index (χ1n) is 6.36. The normalized spacial score (nSPS) is 11.4. The molecule has 0 saturated heterocycles. The number of nitrogens with two attached hydrogens (primary N) is 1. The number of rotatable bonds is 3. The van der Waals surface area contributed by atoms with Crippen molar-refractivity contribution in [2.45, 2.75) is 25.7 Å². The van der Waals surface area contributed by atoms with Crippen LogP contribution < -0.4 is 10.5 Å². The first-order chi connectivity index (χ1) is 9.70. The van der Waals surface area contributed by atoms with Gasteiger partial charge in [0.1, 0.15) is 5.82 Å². The topological polar surface area (TPSA) is 72.2 Å². The van der Waals surface area contributed by atoms with Gasteiger partial charge in [0.25, 0.3) is 10.0 Å². The Hall–Kier alpha value is -2.08. The molecule has 0 fully saturated rings. The van der Waals surface area contributed by atoms with Crippen molar-refractivity contribution in [1.29, 1.82) is 0 Å². The van der Waals surface area contributed by atoms with Gasteiger partial charge in [0.05, 0.1) is 10.6 Å². The van der Waals surface area contributed by atoms with Crippen molar-refractivity contribution in [3.63, 3.8) is 0 Å². The lowest BCUT2D eigenvalue weighted by Gasteiger charge is -2.14. The van der Waals surface area contributed by atoms with Crippen molar-refractivity contribution in [3.05, 3.63) is 52.8 Å². The average molecular weight is 308 g/mol. The van der Waals surface area contributed by atoms with E-state index in [0.717, 1.165) is 6.07 Å². The summed E-state index contributed by atoms with van der Waals surface area (Å²) >= 11 is 0. The fraction of sp³-hybridized carbons (Fsp3) is 0.200. The van der Waals surface area contributed by atoms with Crippen molar-refractivity contribution in [3.8, 4) is 0 Å². The van der Waals surface area contributed by atoms with Crippen molar-refractivity contribution in [2.24, 2.45) is 0 Å². The van der Waals surface area contributed by atoms with Crippen LogP contribution in [0.2, 0.25) is 0 Å². The summed E-state index contributed by atoms with van der Waals surface area (Å²) in [5, 5.41) is 0. The van der Waals surface area contributed by atoms with E-state index < -0.39 is 15.8 Å². The molecule has 0 radical (unpaired) electrons. The molecule has 112 valence electrons. The summed E-state index contributed by atoms with van der Waals surface area (Å²) in [7, 11) is -3.79. The number of nitrogens with one attached hydrogen (secondary N) is 1. The number of aryl methyl sites for hydroxylation is 3. The van der Waals surface area contributed by atoms with Crippen LogP contribution in [0.3, 0.4) is 0 Å². The molecule has 0 unspecified atom stereocenters. The Balaban J connectivity index is 2.46. The second-order valence-corrected chi connectivity index (χ2v) is 6.67. The first-order valence-corrected chi connectivity index (χ1v) is 7.85. The maximum absolute atomic E-state index is 13.5. The number of hydrogen-bond donors (Lipinski definition) is 2. The Labute approximate surface area is 123 Å². The molecular weight excluding hydrogens is 291 g/mol. The predicted molar refractivity (Wildman–Crippen MR) is 82.3 cm³/mol. The zero-order valence-electron chi connectivity index (χ0n) is 12.1. The summed E-state index contributed by atoms with van der Waals surface area (Å²) in [6.45, 7) is 4.96. The average Bonchev–Trinajstić information content (AvgIpc) is 2.31. The summed E-state index contributed by atoms with van der Waals surface area (Å²) in [6, 6.07) is 7.40. The van der Waals surface area contributed by atoms with E-state index >= 15 is 0 Å². The molecule has 3 N–H and O–H groups in total. The smallest absolute Gasteiger partial charge is 0.262 e. The van der Waals surface area contributed by atoms with E-state index in [1.54, 1.807) is 32.9 Å². The van der Waals surface area contributed by atoms with Crippen LogP contribution in [0.1, 0.15) is 16.7 Å². The van der Waals surface area contributed by atoms with Gasteiger partial charge in [-0.15, -0.1) is 0 Å². The minimum absolute atomic E-state index is 0.165. The van der Waals surface area contributed by atoms with Crippen molar-refractivity contribution >= 4 is 21.4 Å². The maximum Gasteiger partial charge on any atom is 0.262 e. The van der Waals surface area contributed by atoms with Crippen molar-refractivity contribution in [1.82, 2.24) is 0 Å². The molecule has 2 aromatic rings. The lowest BCUT2D eigenvalue weighted by molar-refractivity contribution is 0.599. The zero-order chi connectivity index (χ0) is 15.8. The van der Waals surface area contributed by atoms with Gasteiger partial charge in [0.15, 0.2) is 0 Å². The molecule has 0 aliphatic carbocycles. The lowest BCUT2D eigenvalue weighted by atomic mass is 10.1. The van der Waals surface area contributed by atoms with E-state index in [4.69, 9.17) is 5.73 Å². The molecule has 0 heterocycles. The maximum atomic E-state index is 13.5. The van der Waals surface area contributed by atoms with Gasteiger partial charge in [-0.25, -0.2) is 12.8 Å². The molecule has 0 saturated carbocycles. The van der Waals surface area contributed by atoms with Crippen LogP contribution in [0.4, 0.5) is 15.8 Å². The standard InChI is InChI=1S/C15H17FN2O2S/c1-9-4-5-13(8-14(9)16)18-21(19,20)15-10(2)6-12(17)7-11(15)3/h4-8,18H,17H2,1-3H3. The second kappa shape index (κ2) is 5.37. The molecule has 21 heavy (non-hydrogen) atoms. The van der Waals surface area contributed by atoms with Crippen LogP contribution in [-0.2, 0) is 10.0 Å². The van der Waals surface area contributed by atoms with Gasteiger partial charge in [-0.3, -0.25) is 4.72 Å². The van der Waals surface area contributed by atoms with E-state index in [9.17, 15) is 12.8 Å². The van der Waals surface area contributed by atoms with Gasteiger partial charge >= 0.3 is 0 Å². The Kier molecular flexibility index (Phi) is 3.91. The largest absolute Gasteiger partial charge is 0.399 e. The Morgan fingerprint density at radius 3 is 2.10 bits per heavy atom. The number of anilines is 2. The van der Waals surface area contributed by atoms with Crippen LogP contribution in [0.25, 0.3) is 0 Å². The summed E-state index contributed by atoms with van der Waals surface area (Å²) in [5.74, 6) is -0.457. The van der Waals surface area contributed by atoms with Crippen molar-refractivity contribution in [2.75, 3.05) is 10.5 Å². The molecule has 0 atom stereocenters. The predicted octanol–water partition coefficient (Wildman–Crippen LogP) is 3.13. The molecular formula is C15H17FN2O2S. The van der Waals surface area contributed by atoms with Crippen LogP contribution >= 0.6 is 0 Å². The SMILES string of the molecule is Cc1ccc(NS(=O)(=O)c2c(C)cc(N)cc2C)cc1F. The molecule has 0 aliphatic rings. The van der Waals surface area contributed by atoms with Crippen LogP contribution in [0.15, 0.2) is 35.2 Å². The summed E-state index contributed by atoms with van der Waals surface area (Å²) in [5.41, 5.74) is 7.94. The number of sulfonamides is 1. The highest BCUT2D eigenvalue weighted by Crippen LogP contribution is 2.25. The molecule has 0 aliphatic heterocycles. The molecule has 0 bridgehead atoms. The third-order valence-corrected chi connectivity index (χ3v) is 4.86. The van der Waals surface area contributed by atoms with Crippen molar-refractivity contribution < 1.29 is 12.8 Å². The third-order valence-electron chi connectivity index (χ3n) is 3.18. The lowest BCUT2D eigenvalue weighted by Crippen LogP contribution is -2.16. The summed E-state index contributed by atoms with van der Waals surface area (Å²) < 4.78 is 40.9. The molecule has 0 aromatic heterocycles. The van der Waals surface area contributed by atoms with Gasteiger partial charge < -0.3 is 5.73 Å². The highest BCUT2D eigenvalue weighted by Gasteiger charge is 2.20. The fourth-order valence-corrected chi connectivity index (χ4v) is 3.78. The molecule has 2 rings (SSSR count). The number of nitrogen functional groups attached to an aromatic ring is 1. The van der Waals surface area contributed by atoms with Gasteiger partial charge in [0, 0.05) is 5.69 Å². The van der Waals surface area contributed by atoms with Gasteiger partial charge in [-0.1, -0.05) is 6.07 Å². The van der Waals surface area contributed by atoms with E-state index in [-0.39, 0.29) is 10.6 Å². The van der Waals surface area contributed by atoms with Gasteiger partial charge in [-0.2, -0.15) is 0 Å². The molecule has 6 heteroatoms. The molecule has 0 spiro atoms. The van der Waals surface area contributed by atoms with E-state index in [2.05, 4.69) is 4.72 Å². The van der Waals surface area contributed by atoms with E-state index in [0.29, 0.717) is 22.4 Å². The Bertz CT molecular complexity index is 778. The minimum atomic E-state index is -3.79. The summed E-state index contributed by atoms with van der Waals surface area (Å²) in [6.07, 6.45) is 0. The zero-order valence-corrected chi connectivity index (χ0v) is 12.9. The van der Waals surface area contributed by atoms with E-state index in [1.165, 1.54) is 12.1 Å². The summed E-state index contributed by atoms with van der Waals surface area (Å²) in [4.78, 5) is 0.165. The third kappa shape index (κ3) is 3.16. The number of halogens is 1. The molecule has 0 amide bonds. The quantitative estimate of drug-likeness (QED) is 0.856. The highest BCUT2D eigenvalue weighted by atomic mass is 32.2. The molecule has 4 nitrogen and oxygen atoms in total. The second-order valence-electron chi connectivity index (χ2n) is 5.05. The van der Waals surface area contributed by atoms with Crippen LogP contribution in [-0.4, -0.2) is 8.42 Å². The Morgan fingerprint density at radius 2 is 1.57 bits per heavy atom. The molecule has 2 aromatic carbocycles. The monoisotopic (exact) mass is 308 g/mol. The van der Waals surface area contributed by atoms with Crippen LogP contribution in [0.5, 0.6) is 0 Å². The van der Waals surface area contributed by atoms with Gasteiger partial charge in [0.2, 0.25) is 0 Å².